The first-order valence-electron chi connectivity index (χ1n) is 5.49. The molecule has 18 heavy (non-hydrogen) atoms. The first kappa shape index (κ1) is 13.9. The van der Waals surface area contributed by atoms with E-state index in [-0.39, 0.29) is 6.04 Å². The highest BCUT2D eigenvalue weighted by molar-refractivity contribution is 9.10. The number of furan rings is 1. The van der Waals surface area contributed by atoms with Gasteiger partial charge in [0, 0.05) is 16.1 Å². The Morgan fingerprint density at radius 3 is 2.67 bits per heavy atom. The molecule has 0 spiro atoms. The quantitative estimate of drug-likeness (QED) is 0.821. The largest absolute Gasteiger partial charge is 0.453 e. The Labute approximate surface area is 124 Å². The van der Waals surface area contributed by atoms with E-state index >= 15 is 0 Å². The van der Waals surface area contributed by atoms with Crippen molar-refractivity contribution in [2.45, 2.75) is 19.5 Å². The second-order valence-corrected chi connectivity index (χ2v) is 5.60. The smallest absolute Gasteiger partial charge is 0.169 e. The van der Waals surface area contributed by atoms with Gasteiger partial charge in [0.15, 0.2) is 4.67 Å². The van der Waals surface area contributed by atoms with Crippen LogP contribution in [-0.2, 0) is 6.54 Å². The lowest BCUT2D eigenvalue weighted by Crippen LogP contribution is -2.18. The molecule has 96 valence electrons. The molecule has 0 aliphatic carbocycles. The summed E-state index contributed by atoms with van der Waals surface area (Å²) in [6.45, 7) is 2.69. The number of hydrogen-bond donors (Lipinski definition) is 1. The molecule has 2 rings (SSSR count). The summed E-state index contributed by atoms with van der Waals surface area (Å²) >= 11 is 15.3. The van der Waals surface area contributed by atoms with E-state index in [1.54, 1.807) is 6.07 Å². The highest BCUT2D eigenvalue weighted by atomic mass is 79.9. The zero-order valence-corrected chi connectivity index (χ0v) is 12.8. The summed E-state index contributed by atoms with van der Waals surface area (Å²) < 4.78 is 6.15. The molecule has 0 radical (unpaired) electrons. The highest BCUT2D eigenvalue weighted by Crippen LogP contribution is 2.26. The van der Waals surface area contributed by atoms with E-state index < -0.39 is 0 Å². The molecular formula is C13H12BrCl2NO. The molecule has 1 heterocycles. The second-order valence-electron chi connectivity index (χ2n) is 3.97. The average Bonchev–Trinajstić information content (AvgIpc) is 2.72. The van der Waals surface area contributed by atoms with E-state index in [1.165, 1.54) is 0 Å². The summed E-state index contributed by atoms with van der Waals surface area (Å²) in [4.78, 5) is 0. The van der Waals surface area contributed by atoms with Gasteiger partial charge >= 0.3 is 0 Å². The zero-order valence-electron chi connectivity index (χ0n) is 9.71. The zero-order chi connectivity index (χ0) is 13.1. The first-order chi connectivity index (χ1) is 8.56. The molecule has 0 amide bonds. The molecule has 0 fully saturated rings. The van der Waals surface area contributed by atoms with E-state index in [0.717, 1.165) is 16.0 Å². The molecule has 5 heteroatoms. The Kier molecular flexibility index (Phi) is 4.73. The van der Waals surface area contributed by atoms with Crippen molar-refractivity contribution in [3.8, 4) is 0 Å². The number of nitrogens with one attached hydrogen (secondary N) is 1. The fourth-order valence-electron chi connectivity index (χ4n) is 1.66. The van der Waals surface area contributed by atoms with Gasteiger partial charge in [0.25, 0.3) is 0 Å². The molecule has 0 saturated carbocycles. The van der Waals surface area contributed by atoms with Crippen LogP contribution in [0.4, 0.5) is 0 Å². The highest BCUT2D eigenvalue weighted by Gasteiger charge is 2.10. The summed E-state index contributed by atoms with van der Waals surface area (Å²) in [7, 11) is 0. The van der Waals surface area contributed by atoms with Gasteiger partial charge < -0.3 is 9.73 Å². The second kappa shape index (κ2) is 6.11. The van der Waals surface area contributed by atoms with Gasteiger partial charge in [0.1, 0.15) is 5.76 Å². The van der Waals surface area contributed by atoms with Crippen LogP contribution in [0, 0.1) is 0 Å². The maximum absolute atomic E-state index is 6.15. The normalized spacial score (nSPS) is 12.7. The molecule has 1 N–H and O–H groups in total. The predicted octanol–water partition coefficient (Wildman–Crippen LogP) is 5.20. The van der Waals surface area contributed by atoms with E-state index in [2.05, 4.69) is 21.2 Å². The number of hydrogen-bond acceptors (Lipinski definition) is 2. The Hall–Kier alpha value is -0.480. The maximum atomic E-state index is 6.15. The molecule has 0 aliphatic heterocycles. The van der Waals surface area contributed by atoms with Crippen molar-refractivity contribution in [3.05, 3.63) is 56.4 Å². The summed E-state index contributed by atoms with van der Waals surface area (Å²) in [5.41, 5.74) is 1.02. The van der Waals surface area contributed by atoms with Crippen LogP contribution in [0.25, 0.3) is 0 Å². The summed E-state index contributed by atoms with van der Waals surface area (Å²) in [5, 5.41) is 4.66. The standard InChI is InChI=1S/C13H12BrCl2NO/c1-8(11-4-2-9(15)6-12(11)16)17-7-10-3-5-13(14)18-10/h2-6,8,17H,7H2,1H3. The lowest BCUT2D eigenvalue weighted by Gasteiger charge is -2.15. The molecule has 2 aromatic rings. The molecule has 1 aromatic heterocycles. The topological polar surface area (TPSA) is 25.2 Å². The lowest BCUT2D eigenvalue weighted by molar-refractivity contribution is 0.447. The lowest BCUT2D eigenvalue weighted by atomic mass is 10.1. The predicted molar refractivity (Wildman–Crippen MR) is 78.1 cm³/mol. The molecule has 0 saturated heterocycles. The van der Waals surface area contributed by atoms with Crippen molar-refractivity contribution < 1.29 is 4.42 Å². The molecule has 1 aromatic carbocycles. The Bertz CT molecular complexity index is 542. The minimum absolute atomic E-state index is 0.124. The number of rotatable bonds is 4. The van der Waals surface area contributed by atoms with Crippen LogP contribution < -0.4 is 5.32 Å². The van der Waals surface area contributed by atoms with Crippen LogP contribution >= 0.6 is 39.1 Å². The van der Waals surface area contributed by atoms with Crippen LogP contribution in [0.1, 0.15) is 24.3 Å². The van der Waals surface area contributed by atoms with E-state index in [9.17, 15) is 0 Å². The molecule has 0 aliphatic rings. The molecule has 2 nitrogen and oxygen atoms in total. The van der Waals surface area contributed by atoms with E-state index in [0.29, 0.717) is 16.6 Å². The fraction of sp³-hybridized carbons (Fsp3) is 0.231. The fourth-order valence-corrected chi connectivity index (χ4v) is 2.58. The maximum Gasteiger partial charge on any atom is 0.169 e. The average molecular weight is 349 g/mol. The number of benzene rings is 1. The summed E-state index contributed by atoms with van der Waals surface area (Å²) in [6, 6.07) is 9.44. The summed E-state index contributed by atoms with van der Waals surface area (Å²) in [5.74, 6) is 0.874. The molecular weight excluding hydrogens is 337 g/mol. The van der Waals surface area contributed by atoms with Crippen molar-refractivity contribution in [2.75, 3.05) is 0 Å². The third kappa shape index (κ3) is 3.51. The van der Waals surface area contributed by atoms with Crippen LogP contribution in [0.2, 0.25) is 10.0 Å². The Morgan fingerprint density at radius 1 is 1.28 bits per heavy atom. The van der Waals surface area contributed by atoms with Crippen LogP contribution in [0.15, 0.2) is 39.4 Å². The molecule has 1 atom stereocenters. The van der Waals surface area contributed by atoms with Crippen LogP contribution in [0.5, 0.6) is 0 Å². The van der Waals surface area contributed by atoms with Gasteiger partial charge in [-0.1, -0.05) is 29.3 Å². The third-order valence-corrected chi connectivity index (χ3v) is 3.63. The van der Waals surface area contributed by atoms with Crippen LogP contribution in [-0.4, -0.2) is 0 Å². The minimum Gasteiger partial charge on any atom is -0.453 e. The van der Waals surface area contributed by atoms with Gasteiger partial charge in [0.05, 0.1) is 6.54 Å². The van der Waals surface area contributed by atoms with Gasteiger partial charge in [0.2, 0.25) is 0 Å². The molecule has 0 bridgehead atoms. The van der Waals surface area contributed by atoms with Crippen molar-refractivity contribution in [1.29, 1.82) is 0 Å². The van der Waals surface area contributed by atoms with Crippen molar-refractivity contribution in [2.24, 2.45) is 0 Å². The van der Waals surface area contributed by atoms with Gasteiger partial charge in [-0.05, 0) is 52.7 Å². The third-order valence-electron chi connectivity index (χ3n) is 2.64. The summed E-state index contributed by atoms with van der Waals surface area (Å²) in [6.07, 6.45) is 0. The van der Waals surface area contributed by atoms with Gasteiger partial charge in [-0.3, -0.25) is 0 Å². The molecule has 1 unspecified atom stereocenters. The Balaban J connectivity index is 2.01. The van der Waals surface area contributed by atoms with E-state index in [4.69, 9.17) is 27.6 Å². The van der Waals surface area contributed by atoms with Gasteiger partial charge in [-0.15, -0.1) is 0 Å². The minimum atomic E-state index is 0.124. The SMILES string of the molecule is CC(NCc1ccc(Br)o1)c1ccc(Cl)cc1Cl. The monoisotopic (exact) mass is 347 g/mol. The Morgan fingerprint density at radius 2 is 2.06 bits per heavy atom. The first-order valence-corrected chi connectivity index (χ1v) is 7.03. The van der Waals surface area contributed by atoms with Crippen LogP contribution in [0.3, 0.4) is 0 Å². The number of halogens is 3. The van der Waals surface area contributed by atoms with Gasteiger partial charge in [-0.25, -0.2) is 0 Å². The van der Waals surface area contributed by atoms with Gasteiger partial charge in [-0.2, -0.15) is 0 Å². The van der Waals surface area contributed by atoms with E-state index in [1.807, 2.05) is 31.2 Å². The van der Waals surface area contributed by atoms with Crippen molar-refractivity contribution in [3.63, 3.8) is 0 Å². The van der Waals surface area contributed by atoms with Crippen molar-refractivity contribution in [1.82, 2.24) is 5.32 Å². The van der Waals surface area contributed by atoms with Crippen molar-refractivity contribution >= 4 is 39.1 Å².